The lowest BCUT2D eigenvalue weighted by atomic mass is 9.86. The lowest BCUT2D eigenvalue weighted by Gasteiger charge is -2.17. The number of hydrogen-bond acceptors (Lipinski definition) is 4. The van der Waals surface area contributed by atoms with Crippen LogP contribution in [0.4, 0.5) is 0 Å². The van der Waals surface area contributed by atoms with E-state index in [1.54, 1.807) is 0 Å². The Morgan fingerprint density at radius 3 is 0.805 bits per heavy atom. The summed E-state index contributed by atoms with van der Waals surface area (Å²) in [4.78, 5) is 4.67. The van der Waals surface area contributed by atoms with Crippen LogP contribution >= 0.6 is 0 Å². The average molecular weight is 1690 g/mol. The fraction of sp³-hybridized carbons (Fsp3) is 0. The SMILES string of the molecule is N#Cc1ccc2c3ccc(-c4ccc5ccc6c(-c7cccc8ccccc78)ccc7ccc4c5c76)cc3n(-c3ccccc3)c2c1.N#Cc1ccc2c3ccc(-c4ccc5ccc6c(-c7ccccc7)ccc7ccc4c5c76)cc3n(-c3ccccc3)c2c1.N#Cc1ccc2c3ccc(-c4ccc5ccc6c(-c7ccccn7)ccc7ccc4c5c76)cc3n(-c3ccccc3)c2c1. The van der Waals surface area contributed by atoms with E-state index in [9.17, 15) is 15.8 Å². The summed E-state index contributed by atoms with van der Waals surface area (Å²) in [6.07, 6.45) is 1.86. The molecule has 28 rings (SSSR count). The van der Waals surface area contributed by atoms with Gasteiger partial charge in [0.1, 0.15) is 0 Å². The third-order valence-electron chi connectivity index (χ3n) is 27.8. The Labute approximate surface area is 764 Å². The predicted octanol–water partition coefficient (Wildman–Crippen LogP) is 33.2. The molecule has 0 radical (unpaired) electrons. The summed E-state index contributed by atoms with van der Waals surface area (Å²) in [6, 6.07) is 163. The summed E-state index contributed by atoms with van der Waals surface area (Å²) in [5, 5.41) is 61.4. The van der Waals surface area contributed by atoms with Gasteiger partial charge in [0.2, 0.25) is 0 Å². The van der Waals surface area contributed by atoms with Crippen LogP contribution in [-0.4, -0.2) is 18.7 Å². The van der Waals surface area contributed by atoms with Crippen molar-refractivity contribution >= 4 is 173 Å². The van der Waals surface area contributed by atoms with Crippen molar-refractivity contribution in [1.82, 2.24) is 18.7 Å². The van der Waals surface area contributed by atoms with Crippen LogP contribution in [0.5, 0.6) is 0 Å². The molecule has 0 N–H and O–H groups in total. The molecule has 0 fully saturated rings. The van der Waals surface area contributed by atoms with Gasteiger partial charge in [0, 0.05) is 61.1 Å². The first-order chi connectivity index (χ1) is 65.8. The minimum Gasteiger partial charge on any atom is -0.309 e. The van der Waals surface area contributed by atoms with Gasteiger partial charge < -0.3 is 13.7 Å². The minimum absolute atomic E-state index is 0.657. The molecular weight excluding hydrogens is 1610 g/mol. The number of hydrogen-bond donors (Lipinski definition) is 0. The summed E-state index contributed by atoms with van der Waals surface area (Å²) in [5.74, 6) is 0. The Hall–Kier alpha value is -18.3. The second-order valence-corrected chi connectivity index (χ2v) is 34.8. The first-order valence-electron chi connectivity index (χ1n) is 45.0. The number of para-hydroxylation sites is 3. The Bertz CT molecular complexity index is 9430. The van der Waals surface area contributed by atoms with Crippen molar-refractivity contribution in [3.05, 3.63) is 460 Å². The number of fused-ring (bicyclic) bond motifs is 10. The molecule has 0 bridgehead atoms. The zero-order valence-electron chi connectivity index (χ0n) is 71.8. The third-order valence-corrected chi connectivity index (χ3v) is 27.8. The molecule has 24 aromatic carbocycles. The highest BCUT2D eigenvalue weighted by atomic mass is 15.0. The van der Waals surface area contributed by atoms with Gasteiger partial charge in [-0.3, -0.25) is 4.98 Å². The monoisotopic (exact) mass is 1680 g/mol. The van der Waals surface area contributed by atoms with Crippen molar-refractivity contribution in [3.8, 4) is 102 Å². The van der Waals surface area contributed by atoms with E-state index in [-0.39, 0.29) is 0 Å². The van der Waals surface area contributed by atoms with E-state index in [0.717, 1.165) is 83.1 Å². The molecule has 0 saturated heterocycles. The lowest BCUT2D eigenvalue weighted by Crippen LogP contribution is -1.94. The third kappa shape index (κ3) is 12.1. The molecule has 0 spiro atoms. The van der Waals surface area contributed by atoms with Gasteiger partial charge in [0.05, 0.1) is 73.7 Å². The number of nitriles is 3. The fourth-order valence-corrected chi connectivity index (χ4v) is 21.8. The van der Waals surface area contributed by atoms with Crippen molar-refractivity contribution in [2.45, 2.75) is 0 Å². The van der Waals surface area contributed by atoms with Crippen molar-refractivity contribution in [1.29, 1.82) is 15.8 Å². The highest BCUT2D eigenvalue weighted by Crippen LogP contribution is 2.50. The van der Waals surface area contributed by atoms with E-state index in [1.165, 1.54) is 174 Å². The maximum atomic E-state index is 9.71. The van der Waals surface area contributed by atoms with Gasteiger partial charge in [-0.25, -0.2) is 0 Å². The second-order valence-electron chi connectivity index (χ2n) is 34.8. The van der Waals surface area contributed by atoms with Crippen LogP contribution in [0.25, 0.3) is 257 Å². The van der Waals surface area contributed by atoms with Gasteiger partial charge >= 0.3 is 0 Å². The molecular formula is C126H73N7. The molecule has 0 unspecified atom stereocenters. The molecule has 0 saturated carbocycles. The maximum absolute atomic E-state index is 9.71. The Morgan fingerprint density at radius 2 is 0.444 bits per heavy atom. The van der Waals surface area contributed by atoms with Crippen LogP contribution < -0.4 is 0 Å². The highest BCUT2D eigenvalue weighted by Gasteiger charge is 2.25. The first-order valence-corrected chi connectivity index (χ1v) is 45.0. The van der Waals surface area contributed by atoms with Crippen LogP contribution in [0.15, 0.2) is 443 Å². The molecule has 0 aliphatic rings. The summed E-state index contributed by atoms with van der Waals surface area (Å²) in [6.45, 7) is 0. The van der Waals surface area contributed by atoms with E-state index >= 15 is 0 Å². The summed E-state index contributed by atoms with van der Waals surface area (Å²) < 4.78 is 6.86. The molecule has 0 aliphatic carbocycles. The topological polar surface area (TPSA) is 99.0 Å². The lowest BCUT2D eigenvalue weighted by molar-refractivity contribution is 1.18. The molecule has 7 nitrogen and oxygen atoms in total. The molecule has 4 aromatic heterocycles. The van der Waals surface area contributed by atoms with Crippen molar-refractivity contribution in [2.75, 3.05) is 0 Å². The van der Waals surface area contributed by atoms with Crippen molar-refractivity contribution < 1.29 is 0 Å². The predicted molar refractivity (Wildman–Crippen MR) is 556 cm³/mol. The molecule has 7 heteroatoms. The van der Waals surface area contributed by atoms with Crippen molar-refractivity contribution in [3.63, 3.8) is 0 Å². The van der Waals surface area contributed by atoms with Crippen LogP contribution in [-0.2, 0) is 0 Å². The minimum atomic E-state index is 0.657. The van der Waals surface area contributed by atoms with Gasteiger partial charge in [0.15, 0.2) is 0 Å². The van der Waals surface area contributed by atoms with Crippen LogP contribution in [0, 0.1) is 34.0 Å². The number of nitrogens with zero attached hydrogens (tertiary/aromatic N) is 7. The van der Waals surface area contributed by atoms with Gasteiger partial charge in [-0.15, -0.1) is 0 Å². The van der Waals surface area contributed by atoms with Crippen LogP contribution in [0.2, 0.25) is 0 Å². The number of rotatable bonds is 9. The van der Waals surface area contributed by atoms with Gasteiger partial charge in [0.25, 0.3) is 0 Å². The van der Waals surface area contributed by atoms with E-state index in [2.05, 4.69) is 407 Å². The van der Waals surface area contributed by atoms with Gasteiger partial charge in [-0.05, 0) is 266 Å². The highest BCUT2D eigenvalue weighted by molar-refractivity contribution is 6.32. The Balaban J connectivity index is 0.000000104. The molecule has 0 amide bonds. The summed E-state index contributed by atoms with van der Waals surface area (Å²) >= 11 is 0. The van der Waals surface area contributed by atoms with E-state index in [0.29, 0.717) is 16.7 Å². The molecule has 28 aromatic rings. The van der Waals surface area contributed by atoms with Gasteiger partial charge in [-0.2, -0.15) is 15.8 Å². The van der Waals surface area contributed by atoms with Gasteiger partial charge in [-0.1, -0.05) is 334 Å². The van der Waals surface area contributed by atoms with Crippen LogP contribution in [0.3, 0.4) is 0 Å². The standard InChI is InChI=1S/C45H26N2.C41H24N2.C40H23N3/c46-27-28-13-19-38-39-22-18-32(26-43(39)47(42(38)25-28)33-9-2-1-3-10-33)35-20-14-30-17-24-41-37(21-15-31-16-23-40(35)44(30)45(31)41)36-12-6-8-29-7-4-5-11-34(29)36;42-25-26-11-17-34-35-20-16-30(24-39(35)43(38(34)23-26)31-9-5-2-6-10-31)33-19-13-29-14-21-36-32(27-7-3-1-4-8-27)18-12-28-15-22-37(33)41(29)40(28)36;41-24-25-9-15-32-33-18-14-28(23-38(33)43(37(32)22-25)29-6-2-1-3-7-29)30-16-10-26-13-20-35-31(36-8-4-5-21-42-36)17-11-27-12-19-34(30)39(26)40(27)35/h1-26H;1-24H;1-23H. The molecule has 133 heavy (non-hydrogen) atoms. The number of aromatic nitrogens is 4. The summed E-state index contributed by atoms with van der Waals surface area (Å²) in [5.41, 5.74) is 26.0. The summed E-state index contributed by atoms with van der Waals surface area (Å²) in [7, 11) is 0. The largest absolute Gasteiger partial charge is 0.309 e. The van der Waals surface area contributed by atoms with E-state index in [4.69, 9.17) is 0 Å². The molecule has 0 aliphatic heterocycles. The average Bonchev–Trinajstić information content (AvgIpc) is 1.54. The quantitative estimate of drug-likeness (QED) is 0.134. The first kappa shape index (κ1) is 76.0. The Morgan fingerprint density at radius 1 is 0.173 bits per heavy atom. The maximum Gasteiger partial charge on any atom is 0.0992 e. The van der Waals surface area contributed by atoms with E-state index in [1.807, 2.05) is 72.9 Å². The zero-order valence-corrected chi connectivity index (χ0v) is 71.8. The number of benzene rings is 24. The normalized spacial score (nSPS) is 11.7. The molecule has 4 heterocycles. The smallest absolute Gasteiger partial charge is 0.0992 e. The van der Waals surface area contributed by atoms with E-state index < -0.39 is 0 Å². The fourth-order valence-electron chi connectivity index (χ4n) is 21.8. The Kier molecular flexibility index (Phi) is 17.4. The molecule has 612 valence electrons. The second kappa shape index (κ2) is 30.5. The van der Waals surface area contributed by atoms with Crippen LogP contribution in [0.1, 0.15) is 16.7 Å². The van der Waals surface area contributed by atoms with Crippen molar-refractivity contribution in [2.24, 2.45) is 0 Å². The zero-order chi connectivity index (χ0) is 88.0. The molecule has 0 atom stereocenters. The number of pyridine rings is 1.